The maximum absolute atomic E-state index is 11.8. The summed E-state index contributed by atoms with van der Waals surface area (Å²) >= 11 is 0. The highest BCUT2D eigenvalue weighted by atomic mass is 32.2. The molecule has 0 amide bonds. The van der Waals surface area contributed by atoms with Crippen LogP contribution in [0, 0.1) is 0 Å². The quantitative estimate of drug-likeness (QED) is 0.476. The Balaban J connectivity index is 0.00000338. The van der Waals surface area contributed by atoms with Crippen molar-refractivity contribution in [3.05, 3.63) is 36.4 Å². The monoisotopic (exact) mass is 432 g/mol. The largest absolute Gasteiger partial charge is 0.297 e. The topological polar surface area (TPSA) is 163 Å². The lowest BCUT2D eigenvalue weighted by atomic mass is 10.00. The van der Waals surface area contributed by atoms with Crippen molar-refractivity contribution in [2.24, 2.45) is 0 Å². The summed E-state index contributed by atoms with van der Waals surface area (Å²) < 4.78 is 99.0. The van der Waals surface area contributed by atoms with Gasteiger partial charge in [-0.3, -0.25) is 13.7 Å². The van der Waals surface area contributed by atoms with E-state index in [-0.39, 0.29) is 39.4 Å². The number of allylic oxidation sites excluding steroid dienone is 1. The van der Waals surface area contributed by atoms with Gasteiger partial charge in [0.25, 0.3) is 30.4 Å². The molecule has 2 aromatic rings. The van der Waals surface area contributed by atoms with E-state index in [0.717, 1.165) is 6.07 Å². The molecule has 0 aliphatic carbocycles. The van der Waals surface area contributed by atoms with Crippen LogP contribution in [-0.4, -0.2) is 62.0 Å². The van der Waals surface area contributed by atoms with Crippen LogP contribution in [0.25, 0.3) is 16.3 Å². The van der Waals surface area contributed by atoms with Gasteiger partial charge in [0.1, 0.15) is 14.7 Å². The Morgan fingerprint density at radius 2 is 1.15 bits per heavy atom. The summed E-state index contributed by atoms with van der Waals surface area (Å²) in [6.45, 7) is 4.79. The molecule has 2 aromatic carbocycles. The second-order valence-corrected chi connectivity index (χ2v) is 9.19. The first-order valence-electron chi connectivity index (χ1n) is 6.34. The molecule has 0 spiro atoms. The van der Waals surface area contributed by atoms with Crippen molar-refractivity contribution in [2.45, 2.75) is 21.6 Å². The van der Waals surface area contributed by atoms with Gasteiger partial charge >= 0.3 is 0 Å². The molecule has 9 nitrogen and oxygen atoms in total. The summed E-state index contributed by atoms with van der Waals surface area (Å²) in [7, 11) is -16.2. The van der Waals surface area contributed by atoms with Crippen molar-refractivity contribution in [1.29, 1.82) is 0 Å². The first-order valence-corrected chi connectivity index (χ1v) is 10.7. The van der Waals surface area contributed by atoms with Crippen LogP contribution in [0.1, 0.15) is 12.5 Å². The van der Waals surface area contributed by atoms with E-state index in [1.165, 1.54) is 25.1 Å². The number of hydrogen-bond donors (Lipinski definition) is 3. The van der Waals surface area contributed by atoms with Crippen LogP contribution in [0.2, 0.25) is 0 Å². The number of rotatable bonds is 4. The maximum atomic E-state index is 11.8. The molecule has 138 valence electrons. The molecule has 2 rings (SSSR count). The molecule has 0 saturated carbocycles. The standard InChI is InChI=1S/C13H12O9S3.Mg/c1-7(2)10-8-5-3-4-6-9(8)11(23(14,15)16)13(25(20,21)22)12(10)24(17,18)19;/h3-6H,1H2,2H3,(H,14,15,16)(H,17,18,19)(H,20,21,22);. The van der Waals surface area contributed by atoms with Gasteiger partial charge in [0.2, 0.25) is 0 Å². The lowest BCUT2D eigenvalue weighted by Crippen LogP contribution is -2.17. The first-order chi connectivity index (χ1) is 11.2. The predicted octanol–water partition coefficient (Wildman–Crippen LogP) is 1.23. The van der Waals surface area contributed by atoms with Gasteiger partial charge in [-0.1, -0.05) is 30.8 Å². The van der Waals surface area contributed by atoms with Crippen LogP contribution in [0.5, 0.6) is 0 Å². The molecule has 3 N–H and O–H groups in total. The molecule has 26 heavy (non-hydrogen) atoms. The average Bonchev–Trinajstić information content (AvgIpc) is 2.41. The third-order valence-corrected chi connectivity index (χ3v) is 6.33. The third kappa shape index (κ3) is 4.09. The van der Waals surface area contributed by atoms with Gasteiger partial charge in [-0.15, -0.1) is 0 Å². The zero-order valence-electron chi connectivity index (χ0n) is 13.2. The molecule has 13 heteroatoms. The summed E-state index contributed by atoms with van der Waals surface area (Å²) in [6, 6.07) is 5.05. The Morgan fingerprint density at radius 3 is 1.50 bits per heavy atom. The maximum Gasteiger partial charge on any atom is 0.297 e. The van der Waals surface area contributed by atoms with Gasteiger partial charge < -0.3 is 0 Å². The minimum atomic E-state index is -5.50. The first kappa shape index (κ1) is 23.0. The molecule has 0 saturated heterocycles. The summed E-state index contributed by atoms with van der Waals surface area (Å²) in [5, 5.41) is -0.481. The Hall–Kier alpha value is -1.06. The molecule has 0 fully saturated rings. The van der Waals surface area contributed by atoms with Crippen molar-refractivity contribution < 1.29 is 38.9 Å². The molecule has 0 unspecified atom stereocenters. The van der Waals surface area contributed by atoms with Gasteiger partial charge in [-0.25, -0.2) is 0 Å². The molecule has 0 aliphatic rings. The van der Waals surface area contributed by atoms with Crippen LogP contribution in [0.15, 0.2) is 45.5 Å². The van der Waals surface area contributed by atoms with Crippen molar-refractivity contribution in [2.75, 3.05) is 0 Å². The average molecular weight is 433 g/mol. The Labute approximate surface area is 166 Å². The third-order valence-electron chi connectivity index (χ3n) is 3.28. The summed E-state index contributed by atoms with van der Waals surface area (Å²) in [6.07, 6.45) is 0. The second kappa shape index (κ2) is 7.16. The van der Waals surface area contributed by atoms with E-state index in [9.17, 15) is 38.9 Å². The van der Waals surface area contributed by atoms with Crippen molar-refractivity contribution >= 4 is 69.8 Å². The van der Waals surface area contributed by atoms with Gasteiger partial charge in [0.15, 0.2) is 0 Å². The zero-order valence-corrected chi connectivity index (χ0v) is 17.1. The van der Waals surface area contributed by atoms with E-state index in [4.69, 9.17) is 0 Å². The normalized spacial score (nSPS) is 12.6. The second-order valence-electron chi connectivity index (χ2n) is 5.11. The van der Waals surface area contributed by atoms with Crippen LogP contribution in [-0.2, 0) is 30.4 Å². The molecule has 0 bridgehead atoms. The summed E-state index contributed by atoms with van der Waals surface area (Å²) in [5.74, 6) is 0. The van der Waals surface area contributed by atoms with E-state index in [0.29, 0.717) is 0 Å². The Kier molecular flexibility index (Phi) is 6.33. The zero-order chi connectivity index (χ0) is 19.4. The Bertz CT molecular complexity index is 1230. The van der Waals surface area contributed by atoms with Gasteiger partial charge in [0, 0.05) is 34.0 Å². The number of benzene rings is 2. The highest BCUT2D eigenvalue weighted by molar-refractivity contribution is 7.90. The minimum Gasteiger partial charge on any atom is -0.282 e. The van der Waals surface area contributed by atoms with E-state index < -0.39 is 50.6 Å². The van der Waals surface area contributed by atoms with E-state index in [1.807, 2.05) is 0 Å². The smallest absolute Gasteiger partial charge is 0.282 e. The van der Waals surface area contributed by atoms with E-state index >= 15 is 0 Å². The molecular weight excluding hydrogens is 421 g/mol. The molecule has 0 atom stereocenters. The van der Waals surface area contributed by atoms with E-state index in [1.54, 1.807) is 0 Å². The minimum absolute atomic E-state index is 0. The SMILES string of the molecule is C=C(C)c1c(S(=O)(=O)O)c(S(=O)(=O)O)c(S(=O)(=O)O)c2ccccc12.[Mg]. The lowest BCUT2D eigenvalue weighted by Gasteiger charge is -2.18. The molecule has 0 aliphatic heterocycles. The van der Waals surface area contributed by atoms with Gasteiger partial charge in [-0.05, 0) is 17.9 Å². The van der Waals surface area contributed by atoms with E-state index in [2.05, 4.69) is 6.58 Å². The van der Waals surface area contributed by atoms with Crippen molar-refractivity contribution in [1.82, 2.24) is 0 Å². The van der Waals surface area contributed by atoms with Crippen LogP contribution in [0.4, 0.5) is 0 Å². The molecular formula is C13H12MgO9S3. The molecule has 0 aromatic heterocycles. The predicted molar refractivity (Wildman–Crippen MR) is 93.9 cm³/mol. The molecule has 2 radical (unpaired) electrons. The summed E-state index contributed by atoms with van der Waals surface area (Å²) in [4.78, 5) is -4.38. The van der Waals surface area contributed by atoms with Gasteiger partial charge in [0.05, 0.1) is 0 Å². The molecule has 0 heterocycles. The fourth-order valence-electron chi connectivity index (χ4n) is 2.52. The highest BCUT2D eigenvalue weighted by Gasteiger charge is 2.37. The van der Waals surface area contributed by atoms with Crippen molar-refractivity contribution in [3.63, 3.8) is 0 Å². The van der Waals surface area contributed by atoms with Crippen molar-refractivity contribution in [3.8, 4) is 0 Å². The van der Waals surface area contributed by atoms with Gasteiger partial charge in [-0.2, -0.15) is 25.3 Å². The van der Waals surface area contributed by atoms with Crippen LogP contribution < -0.4 is 0 Å². The fourth-order valence-corrected chi connectivity index (χ4v) is 6.20. The Morgan fingerprint density at radius 1 is 0.769 bits per heavy atom. The highest BCUT2D eigenvalue weighted by Crippen LogP contribution is 2.41. The number of fused-ring (bicyclic) bond motifs is 1. The van der Waals surface area contributed by atoms with Crippen LogP contribution >= 0.6 is 0 Å². The lowest BCUT2D eigenvalue weighted by molar-refractivity contribution is 0.457. The van der Waals surface area contributed by atoms with Crippen LogP contribution in [0.3, 0.4) is 0 Å². The summed E-state index contributed by atoms with van der Waals surface area (Å²) in [5.41, 5.74) is -0.436. The number of hydrogen-bond acceptors (Lipinski definition) is 6. The fraction of sp³-hybridized carbons (Fsp3) is 0.0769.